The van der Waals surface area contributed by atoms with Gasteiger partial charge in [0.1, 0.15) is 5.82 Å². The average molecular weight is 437 g/mol. The van der Waals surface area contributed by atoms with Crippen LogP contribution >= 0.6 is 0 Å². The van der Waals surface area contributed by atoms with Gasteiger partial charge in [0.2, 0.25) is 0 Å². The summed E-state index contributed by atoms with van der Waals surface area (Å²) in [5.41, 5.74) is 0.373. The molecule has 0 aliphatic heterocycles. The second-order valence-corrected chi connectivity index (χ2v) is 7.97. The Kier molecular flexibility index (Phi) is 4.81. The summed E-state index contributed by atoms with van der Waals surface area (Å²) in [4.78, 5) is 46.3. The van der Waals surface area contributed by atoms with Crippen LogP contribution in [0.2, 0.25) is 0 Å². The van der Waals surface area contributed by atoms with E-state index in [9.17, 15) is 18.8 Å². The van der Waals surface area contributed by atoms with Gasteiger partial charge in [0.05, 0.1) is 0 Å². The molecule has 0 spiro atoms. The number of amides is 1. The maximum atomic E-state index is 13.0. The lowest BCUT2D eigenvalue weighted by atomic mass is 10.3. The first-order chi connectivity index (χ1) is 15.4. The number of carbonyl (C=O) groups is 1. The molecule has 1 amide bonds. The number of carbonyl (C=O) groups excluding carboxylic acids is 1. The van der Waals surface area contributed by atoms with Crippen LogP contribution < -0.4 is 16.1 Å². The van der Waals surface area contributed by atoms with Gasteiger partial charge in [-0.25, -0.2) is 19.0 Å². The predicted molar refractivity (Wildman–Crippen MR) is 114 cm³/mol. The van der Waals surface area contributed by atoms with Crippen molar-refractivity contribution >= 4 is 22.9 Å². The minimum Gasteiger partial charge on any atom is -0.436 e. The summed E-state index contributed by atoms with van der Waals surface area (Å²) >= 11 is 0. The smallest absolute Gasteiger partial charge is 0.414 e. The number of ether oxygens (including phenoxy) is 1. The molecule has 2 aromatic heterocycles. The number of fused-ring (bicyclic) bond motifs is 1. The van der Waals surface area contributed by atoms with Gasteiger partial charge in [-0.15, -0.1) is 0 Å². The Morgan fingerprint density at radius 3 is 2.50 bits per heavy atom. The molecule has 10 heteroatoms. The highest BCUT2D eigenvalue weighted by Gasteiger charge is 2.34. The first-order valence-corrected chi connectivity index (χ1v) is 10.4. The predicted octanol–water partition coefficient (Wildman–Crippen LogP) is 2.32. The summed E-state index contributed by atoms with van der Waals surface area (Å²) in [6.45, 7) is -0.205. The van der Waals surface area contributed by atoms with Crippen LogP contribution in [-0.2, 0) is 4.74 Å². The zero-order valence-corrected chi connectivity index (χ0v) is 17.3. The molecule has 3 aromatic rings. The number of rotatable bonds is 4. The van der Waals surface area contributed by atoms with Crippen molar-refractivity contribution in [1.82, 2.24) is 19.1 Å². The van der Waals surface area contributed by atoms with E-state index in [1.54, 1.807) is 4.57 Å². The Hall–Kier alpha value is -3.87. The number of hydrogen-bond acceptors (Lipinski definition) is 5. The SMILES string of the molecule is CN(C(=O)OCC#Cc1nc2c([nH]1)c(=O)n(C1CC1)c(=O)n2C1CC1)c1ccc(F)cc1. The maximum absolute atomic E-state index is 13.0. The quantitative estimate of drug-likeness (QED) is 0.631. The highest BCUT2D eigenvalue weighted by Crippen LogP contribution is 2.36. The third-order valence-corrected chi connectivity index (χ3v) is 5.54. The molecule has 0 atom stereocenters. The number of anilines is 1. The van der Waals surface area contributed by atoms with Crippen molar-refractivity contribution in [3.05, 3.63) is 56.7 Å². The van der Waals surface area contributed by atoms with Crippen LogP contribution in [0.25, 0.3) is 11.2 Å². The topological polar surface area (TPSA) is 102 Å². The van der Waals surface area contributed by atoms with Gasteiger partial charge in [-0.2, -0.15) is 0 Å². The van der Waals surface area contributed by atoms with Crippen LogP contribution in [0, 0.1) is 17.7 Å². The third kappa shape index (κ3) is 3.66. The number of nitrogens with zero attached hydrogens (tertiary/aromatic N) is 4. The summed E-state index contributed by atoms with van der Waals surface area (Å²) in [6.07, 6.45) is 2.76. The molecule has 164 valence electrons. The molecule has 2 heterocycles. The number of hydrogen-bond donors (Lipinski definition) is 1. The van der Waals surface area contributed by atoms with Crippen LogP contribution in [0.4, 0.5) is 14.9 Å². The van der Waals surface area contributed by atoms with Crippen molar-refractivity contribution < 1.29 is 13.9 Å². The van der Waals surface area contributed by atoms with Crippen LogP contribution in [0.3, 0.4) is 0 Å². The van der Waals surface area contributed by atoms with Gasteiger partial charge in [-0.1, -0.05) is 5.92 Å². The van der Waals surface area contributed by atoms with Gasteiger partial charge in [0.25, 0.3) is 5.56 Å². The van der Waals surface area contributed by atoms with E-state index in [4.69, 9.17) is 4.74 Å². The Labute approximate surface area is 181 Å². The number of nitrogens with one attached hydrogen (secondary N) is 1. The number of benzene rings is 1. The Balaban J connectivity index is 1.34. The van der Waals surface area contributed by atoms with Crippen molar-refractivity contribution in [2.24, 2.45) is 0 Å². The van der Waals surface area contributed by atoms with Gasteiger partial charge in [0, 0.05) is 24.8 Å². The number of aromatic amines is 1. The van der Waals surface area contributed by atoms with E-state index < -0.39 is 11.9 Å². The van der Waals surface area contributed by atoms with Crippen LogP contribution in [0.1, 0.15) is 43.6 Å². The third-order valence-electron chi connectivity index (χ3n) is 5.54. The van der Waals surface area contributed by atoms with Crippen LogP contribution in [0.5, 0.6) is 0 Å². The molecule has 32 heavy (non-hydrogen) atoms. The van der Waals surface area contributed by atoms with Gasteiger partial charge >= 0.3 is 11.8 Å². The largest absolute Gasteiger partial charge is 0.436 e. The maximum Gasteiger partial charge on any atom is 0.414 e. The molecule has 2 aliphatic rings. The zero-order chi connectivity index (χ0) is 22.4. The van der Waals surface area contributed by atoms with Crippen LogP contribution in [-0.4, -0.2) is 38.8 Å². The lowest BCUT2D eigenvalue weighted by Gasteiger charge is -2.15. The lowest BCUT2D eigenvalue weighted by Crippen LogP contribution is -2.39. The second kappa shape index (κ2) is 7.67. The van der Waals surface area contributed by atoms with Crippen molar-refractivity contribution in [2.75, 3.05) is 18.6 Å². The molecule has 5 rings (SSSR count). The van der Waals surface area contributed by atoms with Crippen molar-refractivity contribution in [2.45, 2.75) is 37.8 Å². The second-order valence-electron chi connectivity index (χ2n) is 7.97. The Morgan fingerprint density at radius 2 is 1.84 bits per heavy atom. The first-order valence-electron chi connectivity index (χ1n) is 10.4. The molecular formula is C22H20FN5O4. The van der Waals surface area contributed by atoms with E-state index in [1.165, 1.54) is 40.8 Å². The first kappa shape index (κ1) is 20.1. The van der Waals surface area contributed by atoms with Crippen LogP contribution in [0.15, 0.2) is 33.9 Å². The minimum absolute atomic E-state index is 0.0419. The molecule has 0 unspecified atom stereocenters. The van der Waals surface area contributed by atoms with Gasteiger partial charge in [0.15, 0.2) is 23.6 Å². The van der Waals surface area contributed by atoms with E-state index in [0.29, 0.717) is 11.3 Å². The van der Waals surface area contributed by atoms with Gasteiger partial charge < -0.3 is 9.72 Å². The molecule has 0 bridgehead atoms. The number of H-pyrrole nitrogens is 1. The summed E-state index contributed by atoms with van der Waals surface area (Å²) < 4.78 is 21.0. The molecule has 1 aromatic carbocycles. The normalized spacial score (nSPS) is 15.3. The monoisotopic (exact) mass is 437 g/mol. The average Bonchev–Trinajstić information content (AvgIpc) is 3.70. The fraction of sp³-hybridized carbons (Fsp3) is 0.364. The zero-order valence-electron chi connectivity index (χ0n) is 17.3. The lowest BCUT2D eigenvalue weighted by molar-refractivity contribution is 0.169. The molecule has 1 N–H and O–H groups in total. The summed E-state index contributed by atoms with van der Waals surface area (Å²) in [5, 5.41) is 0. The number of imidazole rings is 1. The van der Waals surface area contributed by atoms with E-state index in [2.05, 4.69) is 21.8 Å². The molecule has 2 saturated carbocycles. The fourth-order valence-corrected chi connectivity index (χ4v) is 3.56. The highest BCUT2D eigenvalue weighted by molar-refractivity contribution is 5.86. The molecular weight excluding hydrogens is 417 g/mol. The molecule has 0 saturated heterocycles. The van der Waals surface area contributed by atoms with Crippen molar-refractivity contribution in [1.29, 1.82) is 0 Å². The van der Waals surface area contributed by atoms with Crippen molar-refractivity contribution in [3.63, 3.8) is 0 Å². The summed E-state index contributed by atoms with van der Waals surface area (Å²) in [7, 11) is 1.50. The van der Waals surface area contributed by atoms with E-state index in [1.807, 2.05) is 0 Å². The van der Waals surface area contributed by atoms with Gasteiger partial charge in [-0.05, 0) is 55.9 Å². The Bertz CT molecular complexity index is 1380. The van der Waals surface area contributed by atoms with Crippen molar-refractivity contribution in [3.8, 4) is 11.8 Å². The molecule has 2 fully saturated rings. The number of aromatic nitrogens is 4. The summed E-state index contributed by atoms with van der Waals surface area (Å²) in [5.74, 6) is 5.26. The van der Waals surface area contributed by atoms with E-state index in [-0.39, 0.29) is 41.3 Å². The minimum atomic E-state index is -0.648. The van der Waals surface area contributed by atoms with Gasteiger partial charge in [-0.3, -0.25) is 18.8 Å². The summed E-state index contributed by atoms with van der Waals surface area (Å²) in [6, 6.07) is 5.44. The van der Waals surface area contributed by atoms with E-state index >= 15 is 0 Å². The molecule has 0 radical (unpaired) electrons. The Morgan fingerprint density at radius 1 is 1.19 bits per heavy atom. The van der Waals surface area contributed by atoms with E-state index in [0.717, 1.165) is 25.7 Å². The standard InChI is InChI=1S/C22H20FN5O4/c1-26(14-6-4-13(23)5-7-14)22(31)32-12-2-3-17-24-18-19(25-17)27(15-8-9-15)21(30)28(20(18)29)16-10-11-16/h4-7,15-16H,8-12H2,1H3,(H,24,25). The molecule has 9 nitrogen and oxygen atoms in total. The molecule has 2 aliphatic carbocycles. The highest BCUT2D eigenvalue weighted by atomic mass is 19.1. The number of halogens is 1. The fourth-order valence-electron chi connectivity index (χ4n) is 3.56.